The minimum absolute atomic E-state index is 0.0416. The topological polar surface area (TPSA) is 78.3 Å². The van der Waals surface area contributed by atoms with Gasteiger partial charge in [-0.2, -0.15) is 0 Å². The number of hydrogen-bond donors (Lipinski definition) is 2. The Morgan fingerprint density at radius 3 is 1.86 bits per heavy atom. The Balaban J connectivity index is 3.43. The molecule has 0 aliphatic heterocycles. The van der Waals surface area contributed by atoms with Crippen LogP contribution in [0.5, 0.6) is 0 Å². The summed E-state index contributed by atoms with van der Waals surface area (Å²) in [6.07, 6.45) is 14.8. The smallest absolute Gasteiger partial charge is 0.319 e. The first-order valence-electron chi connectivity index (χ1n) is 8.84. The number of esters is 1. The summed E-state index contributed by atoms with van der Waals surface area (Å²) < 4.78 is 5.28. The van der Waals surface area contributed by atoms with E-state index in [1.807, 2.05) is 0 Å². The molecule has 0 aromatic carbocycles. The van der Waals surface area contributed by atoms with E-state index in [0.29, 0.717) is 6.54 Å². The highest BCUT2D eigenvalue weighted by Gasteiger charge is 2.12. The van der Waals surface area contributed by atoms with Crippen LogP contribution >= 0.6 is 0 Å². The fourth-order valence-corrected chi connectivity index (χ4v) is 2.54. The second kappa shape index (κ2) is 15.8. The van der Waals surface area contributed by atoms with Crippen molar-refractivity contribution in [2.24, 2.45) is 11.5 Å². The van der Waals surface area contributed by atoms with Gasteiger partial charge in [-0.3, -0.25) is 4.79 Å². The summed E-state index contributed by atoms with van der Waals surface area (Å²) in [6.45, 7) is 2.77. The van der Waals surface area contributed by atoms with Crippen LogP contribution in [0.2, 0.25) is 0 Å². The minimum Gasteiger partial charge on any atom is -0.461 e. The monoisotopic (exact) mass is 300 g/mol. The van der Waals surface area contributed by atoms with Gasteiger partial charge in [-0.15, -0.1) is 0 Å². The van der Waals surface area contributed by atoms with Gasteiger partial charge in [0.1, 0.15) is 6.10 Å². The molecule has 0 aromatic rings. The van der Waals surface area contributed by atoms with Gasteiger partial charge in [0.2, 0.25) is 0 Å². The summed E-state index contributed by atoms with van der Waals surface area (Å²) in [4.78, 5) is 11.2. The van der Waals surface area contributed by atoms with E-state index in [0.717, 1.165) is 19.3 Å². The summed E-state index contributed by atoms with van der Waals surface area (Å²) in [6, 6.07) is 0. The fraction of sp³-hybridized carbons (Fsp3) is 0.941. The van der Waals surface area contributed by atoms with Crippen molar-refractivity contribution in [3.05, 3.63) is 0 Å². The first-order valence-corrected chi connectivity index (χ1v) is 8.84. The molecule has 0 saturated heterocycles. The lowest BCUT2D eigenvalue weighted by Crippen LogP contribution is -2.26. The Kier molecular flexibility index (Phi) is 15.3. The van der Waals surface area contributed by atoms with E-state index in [4.69, 9.17) is 16.2 Å². The van der Waals surface area contributed by atoms with Crippen molar-refractivity contribution in [1.29, 1.82) is 0 Å². The van der Waals surface area contributed by atoms with E-state index >= 15 is 0 Å². The molecular formula is C17H36N2O2. The molecule has 21 heavy (non-hydrogen) atoms. The summed E-state index contributed by atoms with van der Waals surface area (Å²) >= 11 is 0. The van der Waals surface area contributed by atoms with Gasteiger partial charge in [0.15, 0.2) is 0 Å². The lowest BCUT2D eigenvalue weighted by atomic mass is 10.0. The van der Waals surface area contributed by atoms with Crippen LogP contribution in [0.4, 0.5) is 0 Å². The van der Waals surface area contributed by atoms with Crippen LogP contribution in [0, 0.1) is 0 Å². The molecule has 4 N–H and O–H groups in total. The lowest BCUT2D eigenvalue weighted by molar-refractivity contribution is -0.147. The van der Waals surface area contributed by atoms with Crippen LogP contribution in [-0.4, -0.2) is 25.2 Å². The van der Waals surface area contributed by atoms with Gasteiger partial charge < -0.3 is 16.2 Å². The highest BCUT2D eigenvalue weighted by atomic mass is 16.5. The highest BCUT2D eigenvalue weighted by Crippen LogP contribution is 2.14. The van der Waals surface area contributed by atoms with Gasteiger partial charge in [-0.1, -0.05) is 64.7 Å². The Bertz CT molecular complexity index is 235. The van der Waals surface area contributed by atoms with Crippen LogP contribution in [-0.2, 0) is 9.53 Å². The van der Waals surface area contributed by atoms with Gasteiger partial charge in [0, 0.05) is 0 Å². The predicted octanol–water partition coefficient (Wildman–Crippen LogP) is 3.52. The average Bonchev–Trinajstić information content (AvgIpc) is 2.49. The fourth-order valence-electron chi connectivity index (χ4n) is 2.54. The number of rotatable bonds is 15. The third-order valence-electron chi connectivity index (χ3n) is 3.83. The van der Waals surface area contributed by atoms with Crippen LogP contribution in [0.1, 0.15) is 84.0 Å². The van der Waals surface area contributed by atoms with Gasteiger partial charge >= 0.3 is 5.97 Å². The SMILES string of the molecule is CCCCCCCCCCCCC(CCN)OC(=O)CN. The van der Waals surface area contributed by atoms with Crippen LogP contribution in [0.15, 0.2) is 0 Å². The zero-order valence-electron chi connectivity index (χ0n) is 13.9. The third kappa shape index (κ3) is 14.1. The number of nitrogens with two attached hydrogens (primary N) is 2. The maximum absolute atomic E-state index is 11.2. The second-order valence-electron chi connectivity index (χ2n) is 5.86. The average molecular weight is 300 g/mol. The van der Waals surface area contributed by atoms with E-state index in [1.165, 1.54) is 57.8 Å². The van der Waals surface area contributed by atoms with E-state index in [2.05, 4.69) is 6.92 Å². The first kappa shape index (κ1) is 20.4. The maximum Gasteiger partial charge on any atom is 0.319 e. The van der Waals surface area contributed by atoms with Gasteiger partial charge in [-0.25, -0.2) is 0 Å². The first-order chi connectivity index (χ1) is 10.2. The van der Waals surface area contributed by atoms with Crippen molar-refractivity contribution >= 4 is 5.97 Å². The molecule has 0 aliphatic carbocycles. The molecule has 1 atom stereocenters. The van der Waals surface area contributed by atoms with Crippen LogP contribution < -0.4 is 11.5 Å². The number of hydrogen-bond acceptors (Lipinski definition) is 4. The summed E-state index contributed by atoms with van der Waals surface area (Å²) in [7, 11) is 0. The van der Waals surface area contributed by atoms with E-state index < -0.39 is 0 Å². The van der Waals surface area contributed by atoms with Crippen molar-refractivity contribution in [3.63, 3.8) is 0 Å². The van der Waals surface area contributed by atoms with Gasteiger partial charge in [0.25, 0.3) is 0 Å². The van der Waals surface area contributed by atoms with Crippen molar-refractivity contribution < 1.29 is 9.53 Å². The summed E-state index contributed by atoms with van der Waals surface area (Å²) in [5, 5.41) is 0. The number of unbranched alkanes of at least 4 members (excludes halogenated alkanes) is 9. The van der Waals surface area contributed by atoms with Crippen LogP contribution in [0.3, 0.4) is 0 Å². The van der Waals surface area contributed by atoms with E-state index in [1.54, 1.807) is 0 Å². The molecule has 0 aromatic heterocycles. The molecule has 0 rings (SSSR count). The summed E-state index contributed by atoms with van der Waals surface area (Å²) in [5.41, 5.74) is 10.8. The molecular weight excluding hydrogens is 264 g/mol. The third-order valence-corrected chi connectivity index (χ3v) is 3.83. The summed E-state index contributed by atoms with van der Waals surface area (Å²) in [5.74, 6) is -0.319. The van der Waals surface area contributed by atoms with Crippen molar-refractivity contribution in [1.82, 2.24) is 0 Å². The van der Waals surface area contributed by atoms with E-state index in [-0.39, 0.29) is 18.6 Å². The Hall–Kier alpha value is -0.610. The zero-order chi connectivity index (χ0) is 15.8. The lowest BCUT2D eigenvalue weighted by Gasteiger charge is -2.16. The van der Waals surface area contributed by atoms with E-state index in [9.17, 15) is 4.79 Å². The number of carbonyl (C=O) groups is 1. The molecule has 4 heteroatoms. The number of carbonyl (C=O) groups excluding carboxylic acids is 1. The molecule has 1 unspecified atom stereocenters. The van der Waals surface area contributed by atoms with Crippen molar-refractivity contribution in [3.8, 4) is 0 Å². The second-order valence-corrected chi connectivity index (χ2v) is 5.86. The molecule has 0 amide bonds. The predicted molar refractivity (Wildman–Crippen MR) is 89.1 cm³/mol. The molecule has 0 heterocycles. The maximum atomic E-state index is 11.2. The number of ether oxygens (including phenoxy) is 1. The Morgan fingerprint density at radius 2 is 1.38 bits per heavy atom. The highest BCUT2D eigenvalue weighted by molar-refractivity contribution is 5.71. The van der Waals surface area contributed by atoms with Crippen molar-refractivity contribution in [2.45, 2.75) is 90.1 Å². The Morgan fingerprint density at radius 1 is 0.857 bits per heavy atom. The quantitative estimate of drug-likeness (QED) is 0.358. The van der Waals surface area contributed by atoms with Gasteiger partial charge in [-0.05, 0) is 25.8 Å². The molecule has 0 bridgehead atoms. The largest absolute Gasteiger partial charge is 0.461 e. The molecule has 0 aliphatic rings. The molecule has 0 radical (unpaired) electrons. The normalized spacial score (nSPS) is 12.3. The molecule has 0 saturated carbocycles. The van der Waals surface area contributed by atoms with Crippen LogP contribution in [0.25, 0.3) is 0 Å². The zero-order valence-corrected chi connectivity index (χ0v) is 13.9. The van der Waals surface area contributed by atoms with Crippen molar-refractivity contribution in [2.75, 3.05) is 13.1 Å². The Labute approximate surface area is 131 Å². The standard InChI is InChI=1S/C17H36N2O2/c1-2-3-4-5-6-7-8-9-10-11-12-16(13-14-18)21-17(20)15-19/h16H,2-15,18-19H2,1H3. The minimum atomic E-state index is -0.319. The molecule has 4 nitrogen and oxygen atoms in total. The molecule has 0 fully saturated rings. The molecule has 0 spiro atoms. The van der Waals surface area contributed by atoms with Gasteiger partial charge in [0.05, 0.1) is 6.54 Å². The molecule has 126 valence electrons.